The molecule has 0 fully saturated rings. The Morgan fingerprint density at radius 1 is 1.39 bits per heavy atom. The van der Waals surface area contributed by atoms with Crippen molar-refractivity contribution >= 4 is 11.8 Å². The molecule has 0 radical (unpaired) electrons. The van der Waals surface area contributed by atoms with Gasteiger partial charge in [0.2, 0.25) is 5.91 Å². The quantitative estimate of drug-likeness (QED) is 0.814. The van der Waals surface area contributed by atoms with Crippen molar-refractivity contribution < 1.29 is 9.59 Å². The van der Waals surface area contributed by atoms with Gasteiger partial charge in [0.25, 0.3) is 5.91 Å². The minimum atomic E-state index is -0.563. The van der Waals surface area contributed by atoms with Crippen LogP contribution >= 0.6 is 0 Å². The Hall–Kier alpha value is -2.10. The van der Waals surface area contributed by atoms with E-state index in [1.54, 1.807) is 4.90 Å². The van der Waals surface area contributed by atoms with Crippen molar-refractivity contribution in [3.05, 3.63) is 46.5 Å². The number of benzene rings is 1. The Morgan fingerprint density at radius 2 is 2.00 bits per heavy atom. The second-order valence-electron chi connectivity index (χ2n) is 4.68. The minimum absolute atomic E-state index is 0.0476. The summed E-state index contributed by atoms with van der Waals surface area (Å²) >= 11 is 0. The van der Waals surface area contributed by atoms with Gasteiger partial charge in [0.05, 0.1) is 6.54 Å². The van der Waals surface area contributed by atoms with Gasteiger partial charge in [0.1, 0.15) is 0 Å². The summed E-state index contributed by atoms with van der Waals surface area (Å²) in [4.78, 5) is 24.9. The number of fused-ring (bicyclic) bond motifs is 1. The molecule has 2 N–H and O–H groups in total. The average molecular weight is 244 g/mol. The number of amides is 2. The third-order valence-electron chi connectivity index (χ3n) is 3.34. The van der Waals surface area contributed by atoms with Gasteiger partial charge in [-0.3, -0.25) is 9.59 Å². The maximum Gasteiger partial charge on any atom is 0.255 e. The standard InChI is InChI=1S/C14H16N2O2/c1-8-4-5-9(2)12-11(8)7-16(14(12)18)6-10(3)13(15)17/h4-5H,3,6-7H2,1-2H3,(H2,15,17). The Morgan fingerprint density at radius 3 is 2.56 bits per heavy atom. The van der Waals surface area contributed by atoms with E-state index in [9.17, 15) is 9.59 Å². The number of aryl methyl sites for hydroxylation is 2. The van der Waals surface area contributed by atoms with E-state index in [0.717, 1.165) is 22.3 Å². The monoisotopic (exact) mass is 244 g/mol. The second-order valence-corrected chi connectivity index (χ2v) is 4.68. The average Bonchev–Trinajstić information content (AvgIpc) is 2.63. The van der Waals surface area contributed by atoms with Crippen LogP contribution in [-0.2, 0) is 11.3 Å². The highest BCUT2D eigenvalue weighted by atomic mass is 16.2. The van der Waals surface area contributed by atoms with Crippen molar-refractivity contribution in [2.24, 2.45) is 5.73 Å². The van der Waals surface area contributed by atoms with Crippen molar-refractivity contribution in [1.82, 2.24) is 4.90 Å². The topological polar surface area (TPSA) is 63.4 Å². The van der Waals surface area contributed by atoms with E-state index in [2.05, 4.69) is 6.58 Å². The predicted octanol–water partition coefficient (Wildman–Crippen LogP) is 1.30. The molecule has 0 bridgehead atoms. The molecule has 18 heavy (non-hydrogen) atoms. The lowest BCUT2D eigenvalue weighted by Crippen LogP contribution is -2.30. The van der Waals surface area contributed by atoms with Crippen molar-refractivity contribution in [3.8, 4) is 0 Å². The van der Waals surface area contributed by atoms with Crippen LogP contribution in [0.25, 0.3) is 0 Å². The Bertz CT molecular complexity index is 561. The van der Waals surface area contributed by atoms with E-state index in [1.165, 1.54) is 0 Å². The van der Waals surface area contributed by atoms with Gasteiger partial charge in [0.15, 0.2) is 0 Å². The molecule has 4 nitrogen and oxygen atoms in total. The lowest BCUT2D eigenvalue weighted by molar-refractivity contribution is -0.114. The van der Waals surface area contributed by atoms with Gasteiger partial charge >= 0.3 is 0 Å². The van der Waals surface area contributed by atoms with Crippen molar-refractivity contribution in [3.63, 3.8) is 0 Å². The van der Waals surface area contributed by atoms with Gasteiger partial charge in [-0.05, 0) is 30.5 Å². The maximum absolute atomic E-state index is 12.3. The molecule has 2 rings (SSSR count). The van der Waals surface area contributed by atoms with Gasteiger partial charge < -0.3 is 10.6 Å². The summed E-state index contributed by atoms with van der Waals surface area (Å²) < 4.78 is 0. The van der Waals surface area contributed by atoms with Crippen LogP contribution < -0.4 is 5.73 Å². The first kappa shape index (κ1) is 12.4. The number of rotatable bonds is 3. The molecule has 0 atom stereocenters. The van der Waals surface area contributed by atoms with Crippen LogP contribution in [-0.4, -0.2) is 23.3 Å². The number of hydrogen-bond donors (Lipinski definition) is 1. The lowest BCUT2D eigenvalue weighted by Gasteiger charge is -2.15. The molecule has 2 amide bonds. The predicted molar refractivity (Wildman–Crippen MR) is 69.0 cm³/mol. The summed E-state index contributed by atoms with van der Waals surface area (Å²) in [5.41, 5.74) is 9.26. The molecule has 0 unspecified atom stereocenters. The number of carbonyl (C=O) groups is 2. The molecule has 0 saturated heterocycles. The van der Waals surface area contributed by atoms with Gasteiger partial charge in [-0.2, -0.15) is 0 Å². The van der Waals surface area contributed by atoms with E-state index in [-0.39, 0.29) is 18.0 Å². The minimum Gasteiger partial charge on any atom is -0.366 e. The van der Waals surface area contributed by atoms with Crippen LogP contribution in [0.15, 0.2) is 24.3 Å². The zero-order valence-corrected chi connectivity index (χ0v) is 10.6. The van der Waals surface area contributed by atoms with E-state index in [4.69, 9.17) is 5.73 Å². The highest BCUT2D eigenvalue weighted by Gasteiger charge is 2.30. The van der Waals surface area contributed by atoms with Crippen LogP contribution in [0.4, 0.5) is 0 Å². The number of hydrogen-bond acceptors (Lipinski definition) is 2. The molecule has 1 aromatic rings. The smallest absolute Gasteiger partial charge is 0.255 e. The largest absolute Gasteiger partial charge is 0.366 e. The first-order valence-electron chi connectivity index (χ1n) is 5.77. The van der Waals surface area contributed by atoms with E-state index in [0.29, 0.717) is 6.54 Å². The highest BCUT2D eigenvalue weighted by Crippen LogP contribution is 2.28. The highest BCUT2D eigenvalue weighted by molar-refractivity contribution is 6.01. The zero-order chi connectivity index (χ0) is 13.4. The van der Waals surface area contributed by atoms with Gasteiger partial charge in [-0.1, -0.05) is 18.7 Å². The van der Waals surface area contributed by atoms with Crippen molar-refractivity contribution in [1.29, 1.82) is 0 Å². The fraction of sp³-hybridized carbons (Fsp3) is 0.286. The molecule has 94 valence electrons. The Balaban J connectivity index is 2.31. The molecular weight excluding hydrogens is 228 g/mol. The number of carbonyl (C=O) groups excluding carboxylic acids is 2. The molecule has 1 heterocycles. The van der Waals surface area contributed by atoms with Crippen LogP contribution in [0.2, 0.25) is 0 Å². The number of nitrogens with two attached hydrogens (primary N) is 1. The molecule has 0 aromatic heterocycles. The molecule has 1 aliphatic heterocycles. The molecule has 1 aromatic carbocycles. The van der Waals surface area contributed by atoms with Crippen molar-refractivity contribution in [2.45, 2.75) is 20.4 Å². The summed E-state index contributed by atoms with van der Waals surface area (Å²) in [5.74, 6) is -0.610. The van der Waals surface area contributed by atoms with Crippen molar-refractivity contribution in [2.75, 3.05) is 6.54 Å². The number of primary amides is 1. The second kappa shape index (κ2) is 4.29. The molecule has 0 saturated carbocycles. The first-order valence-corrected chi connectivity index (χ1v) is 5.77. The molecule has 1 aliphatic rings. The van der Waals surface area contributed by atoms with Crippen LogP contribution in [0.5, 0.6) is 0 Å². The Kier molecular flexibility index (Phi) is 2.95. The zero-order valence-electron chi connectivity index (χ0n) is 10.6. The maximum atomic E-state index is 12.3. The molecule has 4 heteroatoms. The molecule has 0 spiro atoms. The van der Waals surface area contributed by atoms with E-state index in [1.807, 2.05) is 26.0 Å². The summed E-state index contributed by atoms with van der Waals surface area (Å²) in [6, 6.07) is 3.95. The summed E-state index contributed by atoms with van der Waals surface area (Å²) in [6.45, 7) is 8.21. The number of nitrogens with zero attached hydrogens (tertiary/aromatic N) is 1. The lowest BCUT2D eigenvalue weighted by atomic mass is 10.00. The van der Waals surface area contributed by atoms with Gasteiger partial charge in [0, 0.05) is 17.7 Å². The summed E-state index contributed by atoms with van der Waals surface area (Å²) in [7, 11) is 0. The van der Waals surface area contributed by atoms with Gasteiger partial charge in [-0.15, -0.1) is 0 Å². The normalized spacial score (nSPS) is 13.7. The molecule has 0 aliphatic carbocycles. The fourth-order valence-electron chi connectivity index (χ4n) is 2.23. The molecular formula is C14H16N2O2. The first-order chi connectivity index (χ1) is 8.41. The third-order valence-corrected chi connectivity index (χ3v) is 3.34. The summed E-state index contributed by atoms with van der Waals surface area (Å²) in [6.07, 6.45) is 0. The summed E-state index contributed by atoms with van der Waals surface area (Å²) in [5, 5.41) is 0. The van der Waals surface area contributed by atoms with E-state index < -0.39 is 5.91 Å². The van der Waals surface area contributed by atoms with E-state index >= 15 is 0 Å². The third kappa shape index (κ3) is 1.90. The van der Waals surface area contributed by atoms with Crippen LogP contribution in [0.3, 0.4) is 0 Å². The van der Waals surface area contributed by atoms with Crippen LogP contribution in [0.1, 0.15) is 27.0 Å². The van der Waals surface area contributed by atoms with Crippen LogP contribution in [0, 0.1) is 13.8 Å². The fourth-order valence-corrected chi connectivity index (χ4v) is 2.23. The SMILES string of the molecule is C=C(CN1Cc2c(C)ccc(C)c2C1=O)C(N)=O. The van der Waals surface area contributed by atoms with Gasteiger partial charge in [-0.25, -0.2) is 0 Å². The Labute approximate surface area is 106 Å².